The summed E-state index contributed by atoms with van der Waals surface area (Å²) in [7, 11) is -4.33. The van der Waals surface area contributed by atoms with Crippen LogP contribution in [-0.2, 0) is 20.2 Å². The summed E-state index contributed by atoms with van der Waals surface area (Å²) >= 11 is 7.14. The summed E-state index contributed by atoms with van der Waals surface area (Å²) in [6, 6.07) is 0. The van der Waals surface area contributed by atoms with Crippen LogP contribution in [0.2, 0.25) is 0 Å². The zero-order valence-electron chi connectivity index (χ0n) is 6.79. The quantitative estimate of drug-likeness (QED) is 0.197. The third-order valence-electron chi connectivity index (χ3n) is 0.180. The molecule has 0 aromatic rings. The van der Waals surface area contributed by atoms with Crippen LogP contribution in [-0.4, -0.2) is 23.4 Å². The van der Waals surface area contributed by atoms with E-state index in [0.717, 1.165) is 0 Å². The van der Waals surface area contributed by atoms with Crippen molar-refractivity contribution in [1.29, 1.82) is 0 Å². The van der Waals surface area contributed by atoms with Crippen molar-refractivity contribution >= 4 is 37.6 Å². The van der Waals surface area contributed by atoms with Gasteiger partial charge in [-0.3, -0.25) is 9.94 Å². The monoisotopic (exact) mass is 264 g/mol. The van der Waals surface area contributed by atoms with Crippen LogP contribution >= 0.6 is 12.2 Å². The van der Waals surface area contributed by atoms with Crippen molar-refractivity contribution in [3.8, 4) is 0 Å². The normalized spacial score (nSPS) is 7.85. The Morgan fingerprint density at radius 1 is 1.38 bits per heavy atom. The summed E-state index contributed by atoms with van der Waals surface area (Å²) in [5.74, 6) is 0. The van der Waals surface area contributed by atoms with E-state index in [1.165, 1.54) is 0 Å². The first-order valence-electron chi connectivity index (χ1n) is 1.75. The fourth-order valence-electron chi connectivity index (χ4n) is 0. The van der Waals surface area contributed by atoms with E-state index in [0.29, 0.717) is 0 Å². The molecule has 0 saturated carbocycles. The average molecular weight is 264 g/mol. The van der Waals surface area contributed by atoms with E-state index in [2.05, 4.69) is 29.1 Å². The fourth-order valence-corrected chi connectivity index (χ4v) is 0. The maximum absolute atomic E-state index is 9.24. The van der Waals surface area contributed by atoms with Crippen molar-refractivity contribution in [2.24, 2.45) is 5.73 Å². The Labute approximate surface area is 129 Å². The molecule has 13 heavy (non-hydrogen) atoms. The largest absolute Gasteiger partial charge is 1.00 e. The van der Waals surface area contributed by atoms with Gasteiger partial charge in [-0.05, 0) is 16.1 Å². The molecule has 0 radical (unpaired) electrons. The number of rotatable bonds is 0. The third kappa shape index (κ3) is 58.5. The Bertz CT molecular complexity index is 231. The predicted octanol–water partition coefficient (Wildman–Crippen LogP) is -7.49. The van der Waals surface area contributed by atoms with Crippen LogP contribution in [0.25, 0.3) is 0 Å². The summed E-state index contributed by atoms with van der Waals surface area (Å²) in [5.41, 5.74) is 4.47. The number of nitro groups is 1. The number of thiocarbonyl (C=S) groups is 1. The summed E-state index contributed by atoms with van der Waals surface area (Å²) in [6.07, 6.45) is 0. The minimum Gasteiger partial charge on any atom is -0.780 e. The van der Waals surface area contributed by atoms with Crippen LogP contribution in [0.15, 0.2) is 0 Å². The Balaban J connectivity index is -0.0000000546. The molecule has 0 aliphatic heterocycles. The fraction of sp³-hybridized carbons (Fsp3) is 0. The van der Waals surface area contributed by atoms with Crippen LogP contribution in [0.3, 0.4) is 0 Å². The molecule has 0 spiro atoms. The van der Waals surface area contributed by atoms with Gasteiger partial charge in [-0.15, -0.1) is 9.05 Å². The predicted molar refractivity (Wildman–Crippen MR) is 40.8 cm³/mol. The first-order chi connectivity index (χ1) is 4.64. The van der Waals surface area contributed by atoms with Gasteiger partial charge in [0.05, 0.1) is 0 Å². The first kappa shape index (κ1) is 24.0. The van der Waals surface area contributed by atoms with Crippen molar-refractivity contribution in [1.82, 2.24) is 0 Å². The second kappa shape index (κ2) is 11.7. The standard InChI is InChI=1S/CH2N2O2S.2Na.H2O3S2/c2-1(6)3(4)5;;;1-5(2,3)4/h(H2,2,6);;;(H2,1,2,3,4)/q;2*+1;/p-2. The molecule has 0 rings (SSSR count). The molecule has 0 fully saturated rings. The zero-order valence-corrected chi connectivity index (χ0v) is 13.2. The van der Waals surface area contributed by atoms with E-state index in [-0.39, 0.29) is 59.1 Å². The van der Waals surface area contributed by atoms with Gasteiger partial charge in [-0.25, -0.2) is 0 Å². The summed E-state index contributed by atoms with van der Waals surface area (Å²) < 4.78 is 26.7. The minimum absolute atomic E-state index is 0. The Morgan fingerprint density at radius 2 is 1.46 bits per heavy atom. The number of nitrogens with zero attached hydrogens (tertiary/aromatic N) is 1. The van der Waals surface area contributed by atoms with Crippen LogP contribution < -0.4 is 64.8 Å². The van der Waals surface area contributed by atoms with Gasteiger partial charge in [0.2, 0.25) is 0 Å². The molecule has 7 nitrogen and oxygen atoms in total. The second-order valence-corrected chi connectivity index (χ2v) is 3.46. The van der Waals surface area contributed by atoms with Crippen molar-refractivity contribution < 1.29 is 77.4 Å². The van der Waals surface area contributed by atoms with Gasteiger partial charge in [0.1, 0.15) is 0 Å². The molecule has 2 N–H and O–H groups in total. The molecule has 0 aromatic carbocycles. The van der Waals surface area contributed by atoms with Crippen molar-refractivity contribution in [2.45, 2.75) is 0 Å². The first-order valence-corrected chi connectivity index (χ1v) is 4.49. The molecule has 0 saturated heterocycles. The van der Waals surface area contributed by atoms with Gasteiger partial charge in [-0.1, -0.05) is 0 Å². The Kier molecular flexibility index (Phi) is 21.5. The number of hydrogen-bond donors (Lipinski definition) is 1. The molecule has 0 aliphatic carbocycles. The number of nitrogens with two attached hydrogens (primary N) is 1. The summed E-state index contributed by atoms with van der Waals surface area (Å²) in [6.45, 7) is 0. The molecule has 0 atom stereocenters. The maximum Gasteiger partial charge on any atom is 1.00 e. The van der Waals surface area contributed by atoms with Crippen LogP contribution in [0.4, 0.5) is 0 Å². The van der Waals surface area contributed by atoms with Crippen molar-refractivity contribution in [3.05, 3.63) is 10.1 Å². The smallest absolute Gasteiger partial charge is 0.780 e. The molecule has 0 unspecified atom stereocenters. The summed E-state index contributed by atoms with van der Waals surface area (Å²) in [5, 5.41) is 8.55. The molecule has 12 heteroatoms. The van der Waals surface area contributed by atoms with E-state index in [4.69, 9.17) is 13.3 Å². The molecular formula is CH2N2Na2O5S3. The van der Waals surface area contributed by atoms with Gasteiger partial charge in [0.15, 0.2) is 0 Å². The second-order valence-electron chi connectivity index (χ2n) is 1.00. The van der Waals surface area contributed by atoms with Gasteiger partial charge >= 0.3 is 64.2 Å². The maximum atomic E-state index is 9.24. The summed E-state index contributed by atoms with van der Waals surface area (Å²) in [4.78, 5) is 8.41. The van der Waals surface area contributed by atoms with E-state index in [1.807, 2.05) is 0 Å². The number of hydrogen-bond acceptors (Lipinski definition) is 7. The Morgan fingerprint density at radius 3 is 1.46 bits per heavy atom. The molecule has 0 amide bonds. The minimum atomic E-state index is -4.33. The van der Waals surface area contributed by atoms with Crippen molar-refractivity contribution in [2.75, 3.05) is 0 Å². The SMILES string of the molecule is NC(=S)[N+](=O)[O-].O=S([O-])([O-])=S.[Na+].[Na+]. The van der Waals surface area contributed by atoms with E-state index in [1.54, 1.807) is 0 Å². The van der Waals surface area contributed by atoms with Gasteiger partial charge in [0.25, 0.3) is 0 Å². The third-order valence-corrected chi connectivity index (χ3v) is 0.329. The Hall–Kier alpha value is 1.58. The molecular weight excluding hydrogens is 262 g/mol. The van der Waals surface area contributed by atoms with Gasteiger partial charge < -0.3 is 19.2 Å². The molecule has 0 aliphatic rings. The topological polar surface area (TPSA) is 132 Å². The average Bonchev–Trinajstić information content (AvgIpc) is 1.59. The van der Waals surface area contributed by atoms with E-state index < -0.39 is 19.1 Å². The molecule has 66 valence electrons. The van der Waals surface area contributed by atoms with E-state index >= 15 is 0 Å². The zero-order chi connectivity index (χ0) is 9.65. The van der Waals surface area contributed by atoms with Crippen LogP contribution in [0.5, 0.6) is 0 Å². The van der Waals surface area contributed by atoms with Gasteiger partial charge in [-0.2, -0.15) is 0 Å². The van der Waals surface area contributed by atoms with E-state index in [9.17, 15) is 10.1 Å². The molecule has 0 aromatic heterocycles. The van der Waals surface area contributed by atoms with Crippen LogP contribution in [0, 0.1) is 10.1 Å². The van der Waals surface area contributed by atoms with Crippen LogP contribution in [0.1, 0.15) is 0 Å². The van der Waals surface area contributed by atoms with Crippen molar-refractivity contribution in [3.63, 3.8) is 0 Å². The molecule has 0 heterocycles. The molecule has 0 bridgehead atoms. The van der Waals surface area contributed by atoms with Gasteiger partial charge in [0, 0.05) is 12.2 Å².